The first kappa shape index (κ1) is 17.6. The zero-order chi connectivity index (χ0) is 19.1. The van der Waals surface area contributed by atoms with Crippen LogP contribution < -0.4 is 15.8 Å². The van der Waals surface area contributed by atoms with Crippen molar-refractivity contribution >= 4 is 33.3 Å². The highest BCUT2D eigenvalue weighted by molar-refractivity contribution is 7.21. The van der Waals surface area contributed by atoms with Gasteiger partial charge in [-0.25, -0.2) is 4.98 Å². The quantitative estimate of drug-likeness (QED) is 0.613. The van der Waals surface area contributed by atoms with E-state index in [0.717, 1.165) is 49.0 Å². The van der Waals surface area contributed by atoms with Gasteiger partial charge in [0, 0.05) is 25.7 Å². The molecule has 8 heteroatoms. The van der Waals surface area contributed by atoms with Crippen LogP contribution in [0.4, 0.5) is 11.8 Å². The van der Waals surface area contributed by atoms with Crippen LogP contribution in [0, 0.1) is 5.92 Å². The molecule has 2 aromatic heterocycles. The number of para-hydroxylation sites is 1. The smallest absolute Gasteiger partial charge is 0.264 e. The van der Waals surface area contributed by atoms with Crippen molar-refractivity contribution in [1.29, 1.82) is 0 Å². The Hall–Kier alpha value is -2.45. The van der Waals surface area contributed by atoms with Gasteiger partial charge in [-0.15, -0.1) is 11.3 Å². The van der Waals surface area contributed by atoms with Crippen LogP contribution in [0.3, 0.4) is 0 Å². The molecule has 1 aliphatic carbocycles. The molecule has 0 amide bonds. The van der Waals surface area contributed by atoms with E-state index in [0.29, 0.717) is 28.3 Å². The Morgan fingerprint density at radius 3 is 2.82 bits per heavy atom. The summed E-state index contributed by atoms with van der Waals surface area (Å²) in [6.07, 6.45) is 3.97. The normalized spacial score (nSPS) is 21.8. The van der Waals surface area contributed by atoms with E-state index in [1.54, 1.807) is 0 Å². The third kappa shape index (κ3) is 3.16. The number of anilines is 2. The molecule has 3 heterocycles. The summed E-state index contributed by atoms with van der Waals surface area (Å²) < 4.78 is 1.05. The number of hydrogen-bond acceptors (Lipinski definition) is 7. The fourth-order valence-electron chi connectivity index (χ4n) is 3.99. The van der Waals surface area contributed by atoms with Crippen molar-refractivity contribution in [2.24, 2.45) is 5.92 Å². The predicted molar refractivity (Wildman–Crippen MR) is 112 cm³/mol. The van der Waals surface area contributed by atoms with Gasteiger partial charge in [-0.05, 0) is 43.7 Å². The lowest BCUT2D eigenvalue weighted by Gasteiger charge is -2.31. The summed E-state index contributed by atoms with van der Waals surface area (Å²) in [6, 6.07) is 8.12. The number of hydrogen-bond donors (Lipinski definition) is 3. The van der Waals surface area contributed by atoms with Crippen LogP contribution in [0.25, 0.3) is 20.8 Å². The van der Waals surface area contributed by atoms with E-state index in [1.807, 2.05) is 24.3 Å². The molecule has 0 radical (unpaired) electrons. The SMILES string of the molecule is O=c1[nH]c(N2CCC2)nc(NC2CCC(CO)C2)c1-c1nc2ccccc2s1. The molecule has 1 aromatic carbocycles. The molecule has 5 rings (SSSR count). The van der Waals surface area contributed by atoms with Crippen molar-refractivity contribution in [3.05, 3.63) is 34.6 Å². The van der Waals surface area contributed by atoms with Gasteiger partial charge >= 0.3 is 0 Å². The largest absolute Gasteiger partial charge is 0.396 e. The summed E-state index contributed by atoms with van der Waals surface area (Å²) in [4.78, 5) is 27.5. The first-order valence-electron chi connectivity index (χ1n) is 9.84. The Labute approximate surface area is 166 Å². The molecule has 3 aromatic rings. The Bertz CT molecular complexity index is 1030. The molecule has 2 fully saturated rings. The van der Waals surface area contributed by atoms with Crippen molar-refractivity contribution in [3.63, 3.8) is 0 Å². The van der Waals surface area contributed by atoms with Gasteiger partial charge in [0.1, 0.15) is 16.4 Å². The second-order valence-electron chi connectivity index (χ2n) is 7.64. The standard InChI is InChI=1S/C20H23N5O2S/c26-11-12-6-7-13(10-12)21-17-16(18(27)24-20(23-17)25-8-3-9-25)19-22-14-4-1-2-5-15(14)28-19/h1-2,4-5,12-13,26H,3,6-11H2,(H2,21,23,24,27). The van der Waals surface area contributed by atoms with Gasteiger partial charge in [0.05, 0.1) is 10.2 Å². The summed E-state index contributed by atoms with van der Waals surface area (Å²) in [6.45, 7) is 2.04. The molecule has 146 valence electrons. The number of thiazole rings is 1. The zero-order valence-electron chi connectivity index (χ0n) is 15.5. The maximum absolute atomic E-state index is 13.0. The Morgan fingerprint density at radius 2 is 2.11 bits per heavy atom. The second kappa shape index (κ2) is 7.18. The van der Waals surface area contributed by atoms with Crippen LogP contribution in [0.15, 0.2) is 29.1 Å². The molecule has 2 unspecified atom stereocenters. The van der Waals surface area contributed by atoms with E-state index in [4.69, 9.17) is 4.98 Å². The molecule has 0 bridgehead atoms. The van der Waals surface area contributed by atoms with E-state index >= 15 is 0 Å². The van der Waals surface area contributed by atoms with E-state index < -0.39 is 0 Å². The summed E-state index contributed by atoms with van der Waals surface area (Å²) in [5.41, 5.74) is 1.24. The van der Waals surface area contributed by atoms with Crippen molar-refractivity contribution in [2.75, 3.05) is 29.9 Å². The molecule has 0 spiro atoms. The maximum Gasteiger partial charge on any atom is 0.264 e. The molecular formula is C20H23N5O2S. The lowest BCUT2D eigenvalue weighted by atomic mass is 10.1. The molecule has 7 nitrogen and oxygen atoms in total. The number of aromatic nitrogens is 3. The minimum Gasteiger partial charge on any atom is -0.396 e. The van der Waals surface area contributed by atoms with Crippen LogP contribution in [0.1, 0.15) is 25.7 Å². The van der Waals surface area contributed by atoms with Gasteiger partial charge in [-0.2, -0.15) is 4.98 Å². The van der Waals surface area contributed by atoms with Crippen molar-refractivity contribution in [1.82, 2.24) is 15.0 Å². The summed E-state index contributed by atoms with van der Waals surface area (Å²) in [5.74, 6) is 1.55. The number of benzene rings is 1. The van der Waals surface area contributed by atoms with E-state index in [1.165, 1.54) is 11.3 Å². The Balaban J connectivity index is 1.57. The number of aromatic amines is 1. The summed E-state index contributed by atoms with van der Waals surface area (Å²) in [7, 11) is 0. The van der Waals surface area contributed by atoms with Gasteiger partial charge in [-0.1, -0.05) is 12.1 Å². The third-order valence-electron chi connectivity index (χ3n) is 5.71. The van der Waals surface area contributed by atoms with E-state index in [-0.39, 0.29) is 18.2 Å². The van der Waals surface area contributed by atoms with Gasteiger partial charge in [0.25, 0.3) is 5.56 Å². The number of H-pyrrole nitrogens is 1. The van der Waals surface area contributed by atoms with Crippen molar-refractivity contribution in [2.45, 2.75) is 31.7 Å². The molecule has 2 aliphatic rings. The molecule has 3 N–H and O–H groups in total. The lowest BCUT2D eigenvalue weighted by Crippen LogP contribution is -2.39. The number of nitrogens with one attached hydrogen (secondary N) is 2. The number of rotatable bonds is 5. The van der Waals surface area contributed by atoms with E-state index in [2.05, 4.69) is 20.2 Å². The predicted octanol–water partition coefficient (Wildman–Crippen LogP) is 2.83. The minimum absolute atomic E-state index is 0.157. The average Bonchev–Trinajstić information content (AvgIpc) is 3.26. The number of aliphatic hydroxyl groups is 1. The summed E-state index contributed by atoms with van der Waals surface area (Å²) in [5, 5.41) is 13.6. The van der Waals surface area contributed by atoms with Crippen LogP contribution >= 0.6 is 11.3 Å². The average molecular weight is 398 g/mol. The molecule has 28 heavy (non-hydrogen) atoms. The molecular weight excluding hydrogens is 374 g/mol. The van der Waals surface area contributed by atoms with Crippen LogP contribution in [-0.2, 0) is 0 Å². The monoisotopic (exact) mass is 397 g/mol. The third-order valence-corrected chi connectivity index (χ3v) is 6.76. The Morgan fingerprint density at radius 1 is 1.25 bits per heavy atom. The fourth-order valence-corrected chi connectivity index (χ4v) is 4.99. The molecule has 1 saturated heterocycles. The minimum atomic E-state index is -0.157. The maximum atomic E-state index is 13.0. The molecule has 2 atom stereocenters. The first-order chi connectivity index (χ1) is 13.7. The van der Waals surface area contributed by atoms with E-state index in [9.17, 15) is 9.90 Å². The highest BCUT2D eigenvalue weighted by Crippen LogP contribution is 2.34. The van der Waals surface area contributed by atoms with Gasteiger partial charge in [0.2, 0.25) is 5.95 Å². The van der Waals surface area contributed by atoms with Crippen LogP contribution in [0.5, 0.6) is 0 Å². The van der Waals surface area contributed by atoms with Gasteiger partial charge < -0.3 is 15.3 Å². The van der Waals surface area contributed by atoms with Gasteiger partial charge in [-0.3, -0.25) is 9.78 Å². The number of aliphatic hydroxyl groups excluding tert-OH is 1. The van der Waals surface area contributed by atoms with Gasteiger partial charge in [0.15, 0.2) is 0 Å². The number of fused-ring (bicyclic) bond motifs is 1. The topological polar surface area (TPSA) is 94.1 Å². The number of nitrogens with zero attached hydrogens (tertiary/aromatic N) is 3. The zero-order valence-corrected chi connectivity index (χ0v) is 16.3. The highest BCUT2D eigenvalue weighted by atomic mass is 32.1. The highest BCUT2D eigenvalue weighted by Gasteiger charge is 2.28. The lowest BCUT2D eigenvalue weighted by molar-refractivity contribution is 0.229. The first-order valence-corrected chi connectivity index (χ1v) is 10.7. The second-order valence-corrected chi connectivity index (χ2v) is 8.67. The fraction of sp³-hybridized carbons (Fsp3) is 0.450. The van der Waals surface area contributed by atoms with Crippen molar-refractivity contribution in [3.8, 4) is 10.6 Å². The van der Waals surface area contributed by atoms with Crippen LogP contribution in [0.2, 0.25) is 0 Å². The Kier molecular flexibility index (Phi) is 4.52. The molecule has 1 saturated carbocycles. The van der Waals surface area contributed by atoms with Crippen LogP contribution in [-0.4, -0.2) is 45.8 Å². The molecule has 1 aliphatic heterocycles. The summed E-state index contributed by atoms with van der Waals surface area (Å²) >= 11 is 1.51. The van der Waals surface area contributed by atoms with Crippen molar-refractivity contribution < 1.29 is 5.11 Å².